The van der Waals surface area contributed by atoms with Gasteiger partial charge in [0.15, 0.2) is 5.82 Å². The third-order valence-electron chi connectivity index (χ3n) is 8.83. The lowest BCUT2D eigenvalue weighted by Gasteiger charge is -2.12. The summed E-state index contributed by atoms with van der Waals surface area (Å²) in [6.45, 7) is 0. The number of para-hydroxylation sites is 1. The van der Waals surface area contributed by atoms with Crippen LogP contribution in [0, 0.1) is 0 Å². The largest absolute Gasteiger partial charge is 0.294 e. The first-order chi connectivity index (χ1) is 22.3. The minimum absolute atomic E-state index is 0.733. The molecule has 0 saturated carbocycles. The number of fused-ring (bicyclic) bond motifs is 9. The normalized spacial score (nSPS) is 12.0. The Morgan fingerprint density at radius 3 is 1.98 bits per heavy atom. The van der Waals surface area contributed by atoms with Gasteiger partial charge in [0.25, 0.3) is 0 Å². The van der Waals surface area contributed by atoms with Crippen LogP contribution in [-0.2, 0) is 0 Å². The van der Waals surface area contributed by atoms with Crippen molar-refractivity contribution < 1.29 is 0 Å². The Balaban J connectivity index is 1.31. The number of benzene rings is 6. The lowest BCUT2D eigenvalue weighted by Crippen LogP contribution is -2.02. The molecule has 0 aliphatic heterocycles. The highest BCUT2D eigenvalue weighted by atomic mass is 32.1. The zero-order valence-electron chi connectivity index (χ0n) is 23.9. The Kier molecular flexibility index (Phi) is 5.32. The molecule has 0 atom stereocenters. The molecule has 3 nitrogen and oxygen atoms in total. The van der Waals surface area contributed by atoms with Crippen molar-refractivity contribution in [2.75, 3.05) is 0 Å². The van der Waals surface area contributed by atoms with Crippen molar-refractivity contribution >= 4 is 84.8 Å². The van der Waals surface area contributed by atoms with E-state index in [1.807, 2.05) is 28.7 Å². The van der Waals surface area contributed by atoms with Gasteiger partial charge in [-0.1, -0.05) is 97.1 Å². The van der Waals surface area contributed by atoms with Crippen LogP contribution in [0.25, 0.3) is 90.6 Å². The van der Waals surface area contributed by atoms with Crippen LogP contribution in [0.15, 0.2) is 140 Å². The Hall–Kier alpha value is -5.36. The molecule has 0 aliphatic rings. The molecule has 5 heteroatoms. The predicted molar refractivity (Wildman–Crippen MR) is 193 cm³/mol. The second-order valence-corrected chi connectivity index (χ2v) is 13.5. The van der Waals surface area contributed by atoms with E-state index in [2.05, 4.69) is 138 Å². The summed E-state index contributed by atoms with van der Waals surface area (Å²) < 4.78 is 7.43. The van der Waals surface area contributed by atoms with E-state index in [0.717, 1.165) is 39.5 Å². The number of aromatic nitrogens is 3. The predicted octanol–water partition coefficient (Wildman–Crippen LogP) is 11.6. The number of hydrogen-bond acceptors (Lipinski definition) is 4. The van der Waals surface area contributed by atoms with Crippen LogP contribution < -0.4 is 0 Å². The van der Waals surface area contributed by atoms with Gasteiger partial charge in [-0.15, -0.1) is 22.7 Å². The summed E-state index contributed by atoms with van der Waals surface area (Å²) >= 11 is 3.67. The third-order valence-corrected chi connectivity index (χ3v) is 11.2. The molecular weight excluding hydrogens is 587 g/mol. The average molecular weight is 610 g/mol. The summed E-state index contributed by atoms with van der Waals surface area (Å²) in [5.74, 6) is 1.60. The maximum atomic E-state index is 5.38. The summed E-state index contributed by atoms with van der Waals surface area (Å²) in [4.78, 5) is 10.6. The molecule has 0 aliphatic carbocycles. The van der Waals surface area contributed by atoms with Gasteiger partial charge >= 0.3 is 0 Å². The molecule has 0 spiro atoms. The molecule has 0 fully saturated rings. The molecule has 0 radical (unpaired) electrons. The van der Waals surface area contributed by atoms with Crippen molar-refractivity contribution in [1.82, 2.24) is 14.5 Å². The first-order valence-electron chi connectivity index (χ1n) is 15.0. The van der Waals surface area contributed by atoms with Crippen LogP contribution in [-0.4, -0.2) is 14.5 Å². The van der Waals surface area contributed by atoms with Gasteiger partial charge in [-0.2, -0.15) is 0 Å². The fourth-order valence-electron chi connectivity index (χ4n) is 6.78. The summed E-state index contributed by atoms with van der Waals surface area (Å²) in [6.07, 6.45) is 0. The van der Waals surface area contributed by atoms with E-state index >= 15 is 0 Å². The SMILES string of the molecule is c1ccc(-c2cc(-n3c4ccccc4c4cc5sc6ccccc6c5cc43)nc(-c3cccc4c3sc3ccccc34)n2)cc1. The van der Waals surface area contributed by atoms with E-state index in [4.69, 9.17) is 9.97 Å². The van der Waals surface area contributed by atoms with Gasteiger partial charge in [-0.3, -0.25) is 4.57 Å². The highest BCUT2D eigenvalue weighted by molar-refractivity contribution is 7.26. The van der Waals surface area contributed by atoms with Crippen LogP contribution in [0.2, 0.25) is 0 Å². The van der Waals surface area contributed by atoms with Crippen LogP contribution in [0.3, 0.4) is 0 Å². The molecule has 0 saturated heterocycles. The van der Waals surface area contributed by atoms with Crippen molar-refractivity contribution in [3.05, 3.63) is 140 Å². The van der Waals surface area contributed by atoms with Gasteiger partial charge < -0.3 is 0 Å². The fourth-order valence-corrected chi connectivity index (χ4v) is 9.12. The van der Waals surface area contributed by atoms with Crippen LogP contribution >= 0.6 is 22.7 Å². The quantitative estimate of drug-likeness (QED) is 0.199. The van der Waals surface area contributed by atoms with Gasteiger partial charge in [0, 0.05) is 68.3 Å². The molecular formula is C40H23N3S2. The number of nitrogens with zero attached hydrogens (tertiary/aromatic N) is 3. The molecule has 0 bridgehead atoms. The van der Waals surface area contributed by atoms with Gasteiger partial charge in [-0.25, -0.2) is 9.97 Å². The van der Waals surface area contributed by atoms with E-state index in [1.165, 1.54) is 51.1 Å². The summed E-state index contributed by atoms with van der Waals surface area (Å²) in [7, 11) is 0. The molecule has 210 valence electrons. The molecule has 6 aromatic carbocycles. The monoisotopic (exact) mass is 609 g/mol. The lowest BCUT2D eigenvalue weighted by molar-refractivity contribution is 1.05. The Morgan fingerprint density at radius 1 is 0.444 bits per heavy atom. The zero-order chi connectivity index (χ0) is 29.5. The van der Waals surface area contributed by atoms with E-state index in [9.17, 15) is 0 Å². The van der Waals surface area contributed by atoms with Gasteiger partial charge in [0.2, 0.25) is 0 Å². The first kappa shape index (κ1) is 25.0. The van der Waals surface area contributed by atoms with E-state index in [1.54, 1.807) is 0 Å². The van der Waals surface area contributed by atoms with Crippen LogP contribution in [0.1, 0.15) is 0 Å². The second-order valence-electron chi connectivity index (χ2n) is 11.4. The minimum atomic E-state index is 0.733. The smallest absolute Gasteiger partial charge is 0.163 e. The highest BCUT2D eigenvalue weighted by Gasteiger charge is 2.19. The molecule has 10 rings (SSSR count). The average Bonchev–Trinajstić information content (AvgIpc) is 3.76. The van der Waals surface area contributed by atoms with E-state index < -0.39 is 0 Å². The van der Waals surface area contributed by atoms with Crippen LogP contribution in [0.5, 0.6) is 0 Å². The van der Waals surface area contributed by atoms with Crippen molar-refractivity contribution in [1.29, 1.82) is 0 Å². The van der Waals surface area contributed by atoms with Crippen molar-refractivity contribution in [2.24, 2.45) is 0 Å². The maximum Gasteiger partial charge on any atom is 0.163 e. The second kappa shape index (κ2) is 9.57. The minimum Gasteiger partial charge on any atom is -0.294 e. The van der Waals surface area contributed by atoms with E-state index in [0.29, 0.717) is 0 Å². The summed E-state index contributed by atoms with van der Waals surface area (Å²) in [5.41, 5.74) is 5.31. The van der Waals surface area contributed by atoms with Crippen molar-refractivity contribution in [3.8, 4) is 28.5 Å². The molecule has 4 heterocycles. The zero-order valence-corrected chi connectivity index (χ0v) is 25.6. The molecule has 0 N–H and O–H groups in total. The summed E-state index contributed by atoms with van der Waals surface area (Å²) in [6, 6.07) is 49.8. The number of rotatable bonds is 3. The topological polar surface area (TPSA) is 30.7 Å². The standard InChI is InChI=1S/C40H23N3S2/c1-2-11-24(12-3-1)32-23-38(42-40(41-32)29-17-10-16-28-26-14-5-9-20-36(26)45-39(28)29)43-33-18-7-4-13-25(33)30-22-37-31(21-34(30)43)27-15-6-8-19-35(27)44-37/h1-23H. The first-order valence-corrected chi connectivity index (χ1v) is 16.6. The van der Waals surface area contributed by atoms with Crippen molar-refractivity contribution in [2.45, 2.75) is 0 Å². The lowest BCUT2D eigenvalue weighted by atomic mass is 10.1. The summed E-state index contributed by atoms with van der Waals surface area (Å²) in [5, 5.41) is 7.54. The van der Waals surface area contributed by atoms with Crippen molar-refractivity contribution in [3.63, 3.8) is 0 Å². The Labute approximate surface area is 266 Å². The molecule has 45 heavy (non-hydrogen) atoms. The number of hydrogen-bond donors (Lipinski definition) is 0. The molecule has 4 aromatic heterocycles. The van der Waals surface area contributed by atoms with E-state index in [-0.39, 0.29) is 0 Å². The Bertz CT molecular complexity index is 2770. The highest BCUT2D eigenvalue weighted by Crippen LogP contribution is 2.42. The Morgan fingerprint density at radius 2 is 1.13 bits per heavy atom. The molecule has 0 amide bonds. The third kappa shape index (κ3) is 3.75. The fraction of sp³-hybridized carbons (Fsp3) is 0. The molecule has 0 unspecified atom stereocenters. The number of thiophene rings is 2. The molecule has 10 aromatic rings. The van der Waals surface area contributed by atoms with Crippen LogP contribution in [0.4, 0.5) is 0 Å². The van der Waals surface area contributed by atoms with Gasteiger partial charge in [0.05, 0.1) is 16.7 Å². The maximum absolute atomic E-state index is 5.38. The van der Waals surface area contributed by atoms with Gasteiger partial charge in [0.1, 0.15) is 5.82 Å². The van der Waals surface area contributed by atoms with Gasteiger partial charge in [-0.05, 0) is 36.4 Å².